The molecule has 13 heavy (non-hydrogen) atoms. The quantitative estimate of drug-likeness (QED) is 0.709. The van der Waals surface area contributed by atoms with E-state index < -0.39 is 0 Å². The van der Waals surface area contributed by atoms with Gasteiger partial charge in [0.1, 0.15) is 5.82 Å². The normalized spacial score (nSPS) is 20.8. The molecule has 0 saturated heterocycles. The molecule has 1 heterocycles. The van der Waals surface area contributed by atoms with Gasteiger partial charge in [-0.2, -0.15) is 0 Å². The smallest absolute Gasteiger partial charge is 0.180 e. The van der Waals surface area contributed by atoms with Gasteiger partial charge in [0.15, 0.2) is 5.78 Å². The molecule has 0 saturated carbocycles. The Morgan fingerprint density at radius 1 is 1.54 bits per heavy atom. The molecule has 0 aliphatic carbocycles. The number of hydrogen-bond donors (Lipinski definition) is 1. The van der Waals surface area contributed by atoms with E-state index in [2.05, 4.69) is 21.2 Å². The number of carbonyl (C=O) groups excluding carboxylic acids is 1. The van der Waals surface area contributed by atoms with Gasteiger partial charge in [-0.1, -0.05) is 15.9 Å². The van der Waals surface area contributed by atoms with Crippen LogP contribution in [0.25, 0.3) is 0 Å². The highest BCUT2D eigenvalue weighted by atomic mass is 79.9. The standard InChI is InChI=1S/C9H7BrFNO/c10-7-4-12-8-2-1-5(11)3-6(8)9(7)13/h1-3,7,12H,4H2. The van der Waals surface area contributed by atoms with E-state index in [1.807, 2.05) is 0 Å². The summed E-state index contributed by atoms with van der Waals surface area (Å²) in [6.07, 6.45) is 0. The van der Waals surface area contributed by atoms with Crippen LogP contribution in [-0.2, 0) is 0 Å². The van der Waals surface area contributed by atoms with Crippen LogP contribution < -0.4 is 5.32 Å². The third-order valence-electron chi connectivity index (χ3n) is 2.00. The number of halogens is 2. The molecule has 1 aliphatic rings. The van der Waals surface area contributed by atoms with Crippen LogP contribution in [0.5, 0.6) is 0 Å². The summed E-state index contributed by atoms with van der Waals surface area (Å²) in [4.78, 5) is 11.3. The monoisotopic (exact) mass is 243 g/mol. The third-order valence-corrected chi connectivity index (χ3v) is 2.74. The summed E-state index contributed by atoms with van der Waals surface area (Å²) in [5.74, 6) is -0.441. The lowest BCUT2D eigenvalue weighted by Gasteiger charge is -2.20. The summed E-state index contributed by atoms with van der Waals surface area (Å²) < 4.78 is 12.8. The van der Waals surface area contributed by atoms with Crippen LogP contribution in [0.4, 0.5) is 10.1 Å². The Bertz CT molecular complexity index is 367. The van der Waals surface area contributed by atoms with Crippen LogP contribution in [0.2, 0.25) is 0 Å². The maximum atomic E-state index is 12.8. The molecule has 1 aromatic carbocycles. The SMILES string of the molecule is O=C1c2cc(F)ccc2NCC1Br. The van der Waals surface area contributed by atoms with Gasteiger partial charge in [0.2, 0.25) is 0 Å². The molecule has 2 rings (SSSR count). The summed E-state index contributed by atoms with van der Waals surface area (Å²) >= 11 is 3.21. The minimum Gasteiger partial charge on any atom is -0.383 e. The Balaban J connectivity index is 2.51. The van der Waals surface area contributed by atoms with Gasteiger partial charge in [-0.05, 0) is 18.2 Å². The Labute approximate surface area is 83.3 Å². The second-order valence-corrected chi connectivity index (χ2v) is 4.01. The van der Waals surface area contributed by atoms with Crippen LogP contribution in [0.1, 0.15) is 10.4 Å². The maximum Gasteiger partial charge on any atom is 0.180 e. The molecule has 0 amide bonds. The molecule has 1 aliphatic heterocycles. The second kappa shape index (κ2) is 3.10. The minimum absolute atomic E-state index is 0.0618. The van der Waals surface area contributed by atoms with Crippen LogP contribution >= 0.6 is 15.9 Å². The molecular weight excluding hydrogens is 237 g/mol. The third kappa shape index (κ3) is 1.46. The van der Waals surface area contributed by atoms with Gasteiger partial charge >= 0.3 is 0 Å². The zero-order valence-corrected chi connectivity index (χ0v) is 8.27. The van der Waals surface area contributed by atoms with E-state index >= 15 is 0 Å². The zero-order valence-electron chi connectivity index (χ0n) is 6.68. The Hall–Kier alpha value is -0.900. The molecule has 2 nitrogen and oxygen atoms in total. The van der Waals surface area contributed by atoms with Crippen LogP contribution in [-0.4, -0.2) is 17.2 Å². The molecule has 0 spiro atoms. The van der Waals surface area contributed by atoms with Gasteiger partial charge in [0, 0.05) is 17.8 Å². The van der Waals surface area contributed by atoms with Crippen molar-refractivity contribution in [1.82, 2.24) is 0 Å². The number of alkyl halides is 1. The number of ketones is 1. The number of benzene rings is 1. The number of hydrogen-bond acceptors (Lipinski definition) is 2. The average molecular weight is 244 g/mol. The number of fused-ring (bicyclic) bond motifs is 1. The molecule has 1 atom stereocenters. The summed E-state index contributed by atoms with van der Waals surface area (Å²) in [5, 5.41) is 3.04. The van der Waals surface area contributed by atoms with Crippen LogP contribution in [0.3, 0.4) is 0 Å². The Morgan fingerprint density at radius 3 is 3.08 bits per heavy atom. The van der Waals surface area contributed by atoms with Gasteiger partial charge in [0.05, 0.1) is 4.83 Å². The number of carbonyl (C=O) groups is 1. The highest BCUT2D eigenvalue weighted by molar-refractivity contribution is 9.10. The predicted octanol–water partition coefficient (Wildman–Crippen LogP) is 2.20. The summed E-state index contributed by atoms with van der Waals surface area (Å²) in [7, 11) is 0. The largest absolute Gasteiger partial charge is 0.383 e. The lowest BCUT2D eigenvalue weighted by molar-refractivity contribution is 0.0991. The van der Waals surface area contributed by atoms with Crippen LogP contribution in [0, 0.1) is 5.82 Å². The highest BCUT2D eigenvalue weighted by Crippen LogP contribution is 2.25. The molecule has 0 bridgehead atoms. The zero-order chi connectivity index (χ0) is 9.42. The Kier molecular flexibility index (Phi) is 2.07. The number of rotatable bonds is 0. The fourth-order valence-electron chi connectivity index (χ4n) is 1.34. The van der Waals surface area contributed by atoms with Crippen LogP contribution in [0.15, 0.2) is 18.2 Å². The fourth-order valence-corrected chi connectivity index (χ4v) is 1.74. The van der Waals surface area contributed by atoms with E-state index in [0.29, 0.717) is 17.8 Å². The molecule has 0 aromatic heterocycles. The topological polar surface area (TPSA) is 29.1 Å². The Morgan fingerprint density at radius 2 is 2.31 bits per heavy atom. The minimum atomic E-state index is -0.379. The van der Waals surface area contributed by atoms with E-state index in [9.17, 15) is 9.18 Å². The molecule has 1 N–H and O–H groups in total. The van der Waals surface area contributed by atoms with Crippen molar-refractivity contribution in [3.63, 3.8) is 0 Å². The molecule has 1 unspecified atom stereocenters. The number of anilines is 1. The molecule has 0 fully saturated rings. The first-order chi connectivity index (χ1) is 6.18. The van der Waals surface area contributed by atoms with Crippen molar-refractivity contribution < 1.29 is 9.18 Å². The van der Waals surface area contributed by atoms with E-state index in [-0.39, 0.29) is 16.4 Å². The first-order valence-corrected chi connectivity index (χ1v) is 4.82. The van der Waals surface area contributed by atoms with Crippen molar-refractivity contribution in [2.45, 2.75) is 4.83 Å². The summed E-state index contributed by atoms with van der Waals surface area (Å²) in [6.45, 7) is 0.553. The van der Waals surface area contributed by atoms with Crippen molar-refractivity contribution in [2.24, 2.45) is 0 Å². The van der Waals surface area contributed by atoms with Gasteiger partial charge < -0.3 is 5.32 Å². The van der Waals surface area contributed by atoms with Crippen molar-refractivity contribution in [2.75, 3.05) is 11.9 Å². The highest BCUT2D eigenvalue weighted by Gasteiger charge is 2.24. The van der Waals surface area contributed by atoms with Crippen molar-refractivity contribution >= 4 is 27.4 Å². The van der Waals surface area contributed by atoms with E-state index in [1.165, 1.54) is 12.1 Å². The molecule has 1 aromatic rings. The van der Waals surface area contributed by atoms with Gasteiger partial charge in [-0.25, -0.2) is 4.39 Å². The first-order valence-electron chi connectivity index (χ1n) is 3.90. The fraction of sp³-hybridized carbons (Fsp3) is 0.222. The van der Waals surface area contributed by atoms with E-state index in [0.717, 1.165) is 0 Å². The van der Waals surface area contributed by atoms with Gasteiger partial charge in [-0.3, -0.25) is 4.79 Å². The first kappa shape index (κ1) is 8.69. The summed E-state index contributed by atoms with van der Waals surface area (Å²) in [5.41, 5.74) is 1.13. The predicted molar refractivity (Wildman–Crippen MR) is 51.9 cm³/mol. The van der Waals surface area contributed by atoms with Crippen molar-refractivity contribution in [3.05, 3.63) is 29.6 Å². The van der Waals surface area contributed by atoms with Crippen molar-refractivity contribution in [1.29, 1.82) is 0 Å². The van der Waals surface area contributed by atoms with Gasteiger partial charge in [0.25, 0.3) is 0 Å². The average Bonchev–Trinajstić information content (AvgIpc) is 2.12. The lowest BCUT2D eigenvalue weighted by atomic mass is 10.0. The molecule has 68 valence electrons. The lowest BCUT2D eigenvalue weighted by Crippen LogP contribution is -2.29. The second-order valence-electron chi connectivity index (χ2n) is 2.90. The number of nitrogens with one attached hydrogen (secondary N) is 1. The molecule has 0 radical (unpaired) electrons. The summed E-state index contributed by atoms with van der Waals surface area (Å²) in [6, 6.07) is 4.19. The molecule has 4 heteroatoms. The van der Waals surface area contributed by atoms with E-state index in [4.69, 9.17) is 0 Å². The molecular formula is C9H7BrFNO. The maximum absolute atomic E-state index is 12.8. The van der Waals surface area contributed by atoms with E-state index in [1.54, 1.807) is 6.07 Å². The number of Topliss-reactive ketones (excluding diaryl/α,β-unsaturated/α-hetero) is 1. The van der Waals surface area contributed by atoms with Gasteiger partial charge in [-0.15, -0.1) is 0 Å². The van der Waals surface area contributed by atoms with Crippen molar-refractivity contribution in [3.8, 4) is 0 Å².